The highest BCUT2D eigenvalue weighted by Gasteiger charge is 2.17. The second-order valence-corrected chi connectivity index (χ2v) is 6.65. The molecule has 3 nitrogen and oxygen atoms in total. The molecule has 0 bridgehead atoms. The third kappa shape index (κ3) is 2.02. The number of fused-ring (bicyclic) bond motifs is 6. The predicted octanol–water partition coefficient (Wildman–Crippen LogP) is 6.35. The average Bonchev–Trinajstić information content (AvgIpc) is 3.12. The van der Waals surface area contributed by atoms with E-state index in [4.69, 9.17) is 14.4 Å². The van der Waals surface area contributed by atoms with Crippen LogP contribution < -0.4 is 0 Å². The summed E-state index contributed by atoms with van der Waals surface area (Å²) in [4.78, 5) is 9.74. The molecule has 6 aromatic rings. The van der Waals surface area contributed by atoms with Crippen LogP contribution in [0.2, 0.25) is 0 Å². The molecule has 3 heterocycles. The smallest absolute Gasteiger partial charge is 0.139 e. The third-order valence-electron chi connectivity index (χ3n) is 5.12. The molecule has 6 rings (SSSR count). The van der Waals surface area contributed by atoms with Gasteiger partial charge in [0.25, 0.3) is 0 Å². The topological polar surface area (TPSA) is 38.9 Å². The molecule has 0 unspecified atom stereocenters. The molecule has 3 aromatic carbocycles. The van der Waals surface area contributed by atoms with E-state index in [2.05, 4.69) is 48.5 Å². The van der Waals surface area contributed by atoms with Crippen molar-refractivity contribution >= 4 is 43.6 Å². The van der Waals surface area contributed by atoms with Gasteiger partial charge in [-0.3, -0.25) is 4.98 Å². The Bertz CT molecular complexity index is 1480. The molecule has 0 aliphatic rings. The lowest BCUT2D eigenvalue weighted by Gasteiger charge is -2.10. The number of benzene rings is 3. The molecular weight excluding hydrogens is 332 g/mol. The average molecular weight is 346 g/mol. The molecule has 0 aliphatic carbocycles. The van der Waals surface area contributed by atoms with Gasteiger partial charge in [0.2, 0.25) is 0 Å². The maximum absolute atomic E-state index is 6.05. The number of hydrogen-bond acceptors (Lipinski definition) is 3. The molecule has 0 amide bonds. The predicted molar refractivity (Wildman–Crippen MR) is 110 cm³/mol. The number of nitrogens with zero attached hydrogens (tertiary/aromatic N) is 2. The van der Waals surface area contributed by atoms with E-state index in [-0.39, 0.29) is 0 Å². The van der Waals surface area contributed by atoms with Crippen LogP contribution in [0.5, 0.6) is 0 Å². The van der Waals surface area contributed by atoms with Crippen molar-refractivity contribution in [1.29, 1.82) is 0 Å². The van der Waals surface area contributed by atoms with Gasteiger partial charge in [0.05, 0.1) is 16.6 Å². The quantitative estimate of drug-likeness (QED) is 0.326. The van der Waals surface area contributed by atoms with E-state index in [1.54, 1.807) is 6.20 Å². The molecule has 0 aliphatic heterocycles. The van der Waals surface area contributed by atoms with E-state index in [1.165, 1.54) is 5.39 Å². The number of aromatic nitrogens is 2. The van der Waals surface area contributed by atoms with E-state index in [0.717, 1.165) is 49.6 Å². The zero-order chi connectivity index (χ0) is 17.8. The maximum Gasteiger partial charge on any atom is 0.139 e. The summed E-state index contributed by atoms with van der Waals surface area (Å²) in [6.07, 6.45) is 1.80. The molecular formula is C24H14N2O. The number of rotatable bonds is 1. The summed E-state index contributed by atoms with van der Waals surface area (Å²) < 4.78 is 6.05. The zero-order valence-electron chi connectivity index (χ0n) is 14.4. The summed E-state index contributed by atoms with van der Waals surface area (Å²) in [7, 11) is 0. The summed E-state index contributed by atoms with van der Waals surface area (Å²) in [6.45, 7) is 0. The Morgan fingerprint density at radius 3 is 2.15 bits per heavy atom. The molecule has 0 fully saturated rings. The van der Waals surface area contributed by atoms with Crippen molar-refractivity contribution in [3.05, 3.63) is 85.1 Å². The van der Waals surface area contributed by atoms with Crippen molar-refractivity contribution in [3.8, 4) is 11.4 Å². The molecule has 0 radical (unpaired) electrons. The van der Waals surface area contributed by atoms with E-state index < -0.39 is 0 Å². The van der Waals surface area contributed by atoms with Crippen LogP contribution in [0, 0.1) is 0 Å². The number of pyridine rings is 2. The van der Waals surface area contributed by atoms with Crippen molar-refractivity contribution in [1.82, 2.24) is 9.97 Å². The molecule has 27 heavy (non-hydrogen) atoms. The second-order valence-electron chi connectivity index (χ2n) is 6.65. The van der Waals surface area contributed by atoms with Crippen LogP contribution in [0.3, 0.4) is 0 Å². The first-order valence-corrected chi connectivity index (χ1v) is 8.94. The van der Waals surface area contributed by atoms with Gasteiger partial charge in [-0.15, -0.1) is 0 Å². The zero-order valence-corrected chi connectivity index (χ0v) is 14.4. The van der Waals surface area contributed by atoms with E-state index in [0.29, 0.717) is 0 Å². The Morgan fingerprint density at radius 1 is 0.556 bits per heavy atom. The lowest BCUT2D eigenvalue weighted by atomic mass is 10.0. The van der Waals surface area contributed by atoms with Gasteiger partial charge in [-0.05, 0) is 23.6 Å². The SMILES string of the molecule is c1ccc2c(c1)nc(-c1nccc3oc4ccccc4c13)c1ccccc12. The summed E-state index contributed by atoms with van der Waals surface area (Å²) in [6, 6.07) is 26.6. The van der Waals surface area contributed by atoms with Crippen LogP contribution >= 0.6 is 0 Å². The van der Waals surface area contributed by atoms with Gasteiger partial charge in [0.1, 0.15) is 16.9 Å². The van der Waals surface area contributed by atoms with Crippen LogP contribution in [-0.4, -0.2) is 9.97 Å². The van der Waals surface area contributed by atoms with E-state index in [1.807, 2.05) is 30.3 Å². The summed E-state index contributed by atoms with van der Waals surface area (Å²) in [5.41, 5.74) is 4.42. The van der Waals surface area contributed by atoms with Crippen LogP contribution in [0.25, 0.3) is 55.0 Å². The Labute approximate surface area is 154 Å². The molecule has 3 aromatic heterocycles. The monoisotopic (exact) mass is 346 g/mol. The van der Waals surface area contributed by atoms with E-state index in [9.17, 15) is 0 Å². The molecule has 3 heteroatoms. The van der Waals surface area contributed by atoms with Gasteiger partial charge in [-0.1, -0.05) is 60.7 Å². The van der Waals surface area contributed by atoms with Gasteiger partial charge < -0.3 is 4.42 Å². The fourth-order valence-electron chi connectivity index (χ4n) is 3.93. The van der Waals surface area contributed by atoms with Gasteiger partial charge in [-0.25, -0.2) is 4.98 Å². The number of furan rings is 1. The van der Waals surface area contributed by atoms with Crippen LogP contribution in [0.1, 0.15) is 0 Å². The van der Waals surface area contributed by atoms with Crippen molar-refractivity contribution in [3.63, 3.8) is 0 Å². The highest BCUT2D eigenvalue weighted by atomic mass is 16.3. The Balaban J connectivity index is 1.83. The summed E-state index contributed by atoms with van der Waals surface area (Å²) in [5, 5.41) is 5.52. The summed E-state index contributed by atoms with van der Waals surface area (Å²) >= 11 is 0. The second kappa shape index (κ2) is 5.39. The van der Waals surface area contributed by atoms with Crippen molar-refractivity contribution in [2.75, 3.05) is 0 Å². The molecule has 0 atom stereocenters. The lowest BCUT2D eigenvalue weighted by Crippen LogP contribution is -1.92. The normalized spacial score (nSPS) is 11.7. The minimum atomic E-state index is 0.834. The van der Waals surface area contributed by atoms with Gasteiger partial charge in [0.15, 0.2) is 0 Å². The number of hydrogen-bond donors (Lipinski definition) is 0. The fourth-order valence-corrected chi connectivity index (χ4v) is 3.93. The highest BCUT2D eigenvalue weighted by molar-refractivity contribution is 6.16. The van der Waals surface area contributed by atoms with Crippen LogP contribution in [0.4, 0.5) is 0 Å². The Morgan fingerprint density at radius 2 is 1.26 bits per heavy atom. The van der Waals surface area contributed by atoms with Crippen molar-refractivity contribution in [2.45, 2.75) is 0 Å². The van der Waals surface area contributed by atoms with Crippen molar-refractivity contribution < 1.29 is 4.42 Å². The fraction of sp³-hybridized carbons (Fsp3) is 0. The molecule has 0 saturated carbocycles. The number of para-hydroxylation sites is 2. The standard InChI is InChI=1S/C24H14N2O/c1-2-9-17-15(7-1)16-8-3-5-11-19(16)26-23(17)24-22-18-10-4-6-12-20(18)27-21(22)13-14-25-24/h1-14H. The molecule has 0 saturated heterocycles. The minimum absolute atomic E-state index is 0.834. The van der Waals surface area contributed by atoms with Crippen LogP contribution in [0.15, 0.2) is 89.5 Å². The largest absolute Gasteiger partial charge is 0.456 e. The highest BCUT2D eigenvalue weighted by Crippen LogP contribution is 2.38. The van der Waals surface area contributed by atoms with Crippen LogP contribution in [-0.2, 0) is 0 Å². The molecule has 0 spiro atoms. The minimum Gasteiger partial charge on any atom is -0.456 e. The lowest BCUT2D eigenvalue weighted by molar-refractivity contribution is 0.668. The third-order valence-corrected chi connectivity index (χ3v) is 5.12. The Kier molecular flexibility index (Phi) is 2.88. The van der Waals surface area contributed by atoms with Gasteiger partial charge in [0, 0.05) is 22.4 Å². The first-order chi connectivity index (χ1) is 13.4. The summed E-state index contributed by atoms with van der Waals surface area (Å²) in [5.74, 6) is 0. The van der Waals surface area contributed by atoms with Gasteiger partial charge in [-0.2, -0.15) is 0 Å². The van der Waals surface area contributed by atoms with E-state index >= 15 is 0 Å². The maximum atomic E-state index is 6.05. The molecule has 0 N–H and O–H groups in total. The van der Waals surface area contributed by atoms with Gasteiger partial charge >= 0.3 is 0 Å². The van der Waals surface area contributed by atoms with Crippen molar-refractivity contribution in [2.24, 2.45) is 0 Å². The Hall–Kier alpha value is -3.72. The first kappa shape index (κ1) is 14.4. The first-order valence-electron chi connectivity index (χ1n) is 8.94. The molecule has 126 valence electrons.